The monoisotopic (exact) mass is 374 g/mol. The number of nitrogens with zero attached hydrogens (tertiary/aromatic N) is 1. The van der Waals surface area contributed by atoms with Crippen molar-refractivity contribution >= 4 is 29.2 Å². The van der Waals surface area contributed by atoms with Crippen LogP contribution in [0.15, 0.2) is 53.5 Å². The first kappa shape index (κ1) is 19.6. The van der Waals surface area contributed by atoms with Gasteiger partial charge in [-0.3, -0.25) is 4.79 Å². The minimum Gasteiger partial charge on any atom is -0.508 e. The number of carbonyl (C=O) groups excluding carboxylic acids is 1. The van der Waals surface area contributed by atoms with Crippen molar-refractivity contribution in [1.82, 2.24) is 10.6 Å². The van der Waals surface area contributed by atoms with Crippen molar-refractivity contribution in [2.75, 3.05) is 25.0 Å². The Bertz CT molecular complexity index is 730. The number of phenolic OH excluding ortho intramolecular Hbond substituents is 1. The number of phenols is 1. The van der Waals surface area contributed by atoms with Gasteiger partial charge in [-0.25, -0.2) is 4.99 Å². The largest absolute Gasteiger partial charge is 0.508 e. The van der Waals surface area contributed by atoms with Crippen LogP contribution in [-0.2, 0) is 11.2 Å². The van der Waals surface area contributed by atoms with Crippen molar-refractivity contribution in [2.45, 2.75) is 13.3 Å². The van der Waals surface area contributed by atoms with Crippen LogP contribution in [0.5, 0.6) is 5.75 Å². The smallest absolute Gasteiger partial charge is 0.246 e. The number of aliphatic imine (C=N–C) groups is 1. The summed E-state index contributed by atoms with van der Waals surface area (Å²) in [7, 11) is 0. The number of rotatable bonds is 7. The van der Waals surface area contributed by atoms with Gasteiger partial charge in [-0.1, -0.05) is 23.7 Å². The molecule has 26 heavy (non-hydrogen) atoms. The molecule has 0 heterocycles. The van der Waals surface area contributed by atoms with Gasteiger partial charge in [0.1, 0.15) is 12.3 Å². The molecular formula is C19H23ClN4O2. The highest BCUT2D eigenvalue weighted by Gasteiger charge is 2.03. The van der Waals surface area contributed by atoms with E-state index in [9.17, 15) is 9.90 Å². The Kier molecular flexibility index (Phi) is 7.76. The van der Waals surface area contributed by atoms with E-state index in [-0.39, 0.29) is 18.2 Å². The summed E-state index contributed by atoms with van der Waals surface area (Å²) in [6.07, 6.45) is 0.821. The first-order valence-electron chi connectivity index (χ1n) is 8.42. The third kappa shape index (κ3) is 7.03. The summed E-state index contributed by atoms with van der Waals surface area (Å²) in [6.45, 7) is 3.35. The molecule has 0 aliphatic rings. The van der Waals surface area contributed by atoms with Gasteiger partial charge in [-0.15, -0.1) is 0 Å². The number of hydrogen-bond donors (Lipinski definition) is 4. The molecule has 0 bridgehead atoms. The quantitative estimate of drug-likeness (QED) is 0.341. The summed E-state index contributed by atoms with van der Waals surface area (Å²) in [6, 6.07) is 14.0. The van der Waals surface area contributed by atoms with Crippen molar-refractivity contribution < 1.29 is 9.90 Å². The van der Waals surface area contributed by atoms with Crippen molar-refractivity contribution in [3.05, 3.63) is 59.1 Å². The fourth-order valence-corrected chi connectivity index (χ4v) is 2.34. The van der Waals surface area contributed by atoms with E-state index in [1.54, 1.807) is 12.1 Å². The molecule has 0 unspecified atom stereocenters. The van der Waals surface area contributed by atoms with E-state index in [0.29, 0.717) is 24.7 Å². The molecule has 0 atom stereocenters. The Labute approximate surface area is 158 Å². The Balaban J connectivity index is 1.81. The maximum absolute atomic E-state index is 12.0. The predicted molar refractivity (Wildman–Crippen MR) is 106 cm³/mol. The molecular weight excluding hydrogens is 352 g/mol. The third-order valence-electron chi connectivity index (χ3n) is 3.50. The molecule has 2 aromatic carbocycles. The van der Waals surface area contributed by atoms with Gasteiger partial charge < -0.3 is 21.1 Å². The van der Waals surface area contributed by atoms with Gasteiger partial charge in [0.25, 0.3) is 0 Å². The van der Waals surface area contributed by atoms with Crippen LogP contribution < -0.4 is 16.0 Å². The summed E-state index contributed by atoms with van der Waals surface area (Å²) in [4.78, 5) is 16.3. The molecule has 0 fully saturated rings. The molecule has 2 rings (SSSR count). The molecule has 0 saturated heterocycles. The highest BCUT2D eigenvalue weighted by atomic mass is 35.5. The first-order chi connectivity index (χ1) is 12.6. The Morgan fingerprint density at radius 1 is 1.08 bits per heavy atom. The van der Waals surface area contributed by atoms with Crippen LogP contribution in [0.1, 0.15) is 12.5 Å². The third-order valence-corrected chi connectivity index (χ3v) is 3.75. The van der Waals surface area contributed by atoms with E-state index in [1.165, 1.54) is 17.7 Å². The maximum Gasteiger partial charge on any atom is 0.246 e. The Morgan fingerprint density at radius 3 is 2.42 bits per heavy atom. The van der Waals surface area contributed by atoms with E-state index >= 15 is 0 Å². The molecule has 0 radical (unpaired) electrons. The number of guanidine groups is 1. The SMILES string of the molecule is CCNC(=NCC(=O)Nc1ccc(O)cc1)NCCc1ccc(Cl)cc1. The standard InChI is InChI=1S/C19H23ClN4O2/c1-2-21-19(22-12-11-14-3-5-15(20)6-4-14)23-13-18(26)24-16-7-9-17(25)10-8-16/h3-10,25H,2,11-13H2,1H3,(H,24,26)(H2,21,22,23). The number of amides is 1. The van der Waals surface area contributed by atoms with Crippen molar-refractivity contribution in [3.8, 4) is 5.75 Å². The second-order valence-electron chi connectivity index (χ2n) is 5.59. The van der Waals surface area contributed by atoms with Gasteiger partial charge in [0.15, 0.2) is 5.96 Å². The van der Waals surface area contributed by atoms with E-state index in [0.717, 1.165) is 11.4 Å². The van der Waals surface area contributed by atoms with Crippen LogP contribution in [0.3, 0.4) is 0 Å². The van der Waals surface area contributed by atoms with Crippen LogP contribution in [0.2, 0.25) is 5.02 Å². The number of hydrogen-bond acceptors (Lipinski definition) is 3. The molecule has 4 N–H and O–H groups in total. The Morgan fingerprint density at radius 2 is 1.77 bits per heavy atom. The van der Waals surface area contributed by atoms with Crippen molar-refractivity contribution in [1.29, 1.82) is 0 Å². The summed E-state index contributed by atoms with van der Waals surface area (Å²) in [5.41, 5.74) is 1.78. The number of anilines is 1. The fraction of sp³-hybridized carbons (Fsp3) is 0.263. The molecule has 0 aliphatic heterocycles. The normalized spacial score (nSPS) is 11.1. The van der Waals surface area contributed by atoms with Gasteiger partial charge in [0.05, 0.1) is 0 Å². The van der Waals surface area contributed by atoms with E-state index in [1.807, 2.05) is 31.2 Å². The van der Waals surface area contributed by atoms with E-state index in [2.05, 4.69) is 20.9 Å². The summed E-state index contributed by atoms with van der Waals surface area (Å²) < 4.78 is 0. The van der Waals surface area contributed by atoms with E-state index < -0.39 is 0 Å². The fourth-order valence-electron chi connectivity index (χ4n) is 2.21. The van der Waals surface area contributed by atoms with Crippen LogP contribution in [0.4, 0.5) is 5.69 Å². The molecule has 0 spiro atoms. The lowest BCUT2D eigenvalue weighted by Gasteiger charge is -2.11. The lowest BCUT2D eigenvalue weighted by molar-refractivity contribution is -0.114. The van der Waals surface area contributed by atoms with Gasteiger partial charge >= 0.3 is 0 Å². The molecule has 0 saturated carbocycles. The van der Waals surface area contributed by atoms with E-state index in [4.69, 9.17) is 11.6 Å². The summed E-state index contributed by atoms with van der Waals surface area (Å²) in [5.74, 6) is 0.508. The minimum absolute atomic E-state index is 0.00282. The zero-order valence-corrected chi connectivity index (χ0v) is 15.4. The molecule has 7 heteroatoms. The number of nitrogens with one attached hydrogen (secondary N) is 3. The lowest BCUT2D eigenvalue weighted by Crippen LogP contribution is -2.39. The first-order valence-corrected chi connectivity index (χ1v) is 8.80. The van der Waals surface area contributed by atoms with Crippen LogP contribution >= 0.6 is 11.6 Å². The number of benzene rings is 2. The molecule has 2 aromatic rings. The second-order valence-corrected chi connectivity index (χ2v) is 6.03. The number of aromatic hydroxyl groups is 1. The molecule has 1 amide bonds. The highest BCUT2D eigenvalue weighted by molar-refractivity contribution is 6.30. The minimum atomic E-state index is -0.231. The van der Waals surface area contributed by atoms with Crippen LogP contribution in [-0.4, -0.2) is 36.6 Å². The topological polar surface area (TPSA) is 85.8 Å². The van der Waals surface area contributed by atoms with Gasteiger partial charge in [0, 0.05) is 23.8 Å². The summed E-state index contributed by atoms with van der Waals surface area (Å²) >= 11 is 5.88. The molecule has 6 nitrogen and oxygen atoms in total. The van der Waals surface area contributed by atoms with Gasteiger partial charge in [-0.2, -0.15) is 0 Å². The molecule has 138 valence electrons. The summed E-state index contributed by atoms with van der Waals surface area (Å²) in [5, 5.41) is 19.0. The predicted octanol–water partition coefficient (Wildman–Crippen LogP) is 2.78. The maximum atomic E-state index is 12.0. The zero-order valence-electron chi connectivity index (χ0n) is 14.6. The zero-order chi connectivity index (χ0) is 18.8. The number of halogens is 1. The van der Waals surface area contributed by atoms with Crippen molar-refractivity contribution in [3.63, 3.8) is 0 Å². The average Bonchev–Trinajstić information content (AvgIpc) is 2.63. The Hall–Kier alpha value is -2.73. The highest BCUT2D eigenvalue weighted by Crippen LogP contribution is 2.13. The van der Waals surface area contributed by atoms with Gasteiger partial charge in [-0.05, 0) is 55.3 Å². The molecule has 0 aliphatic carbocycles. The average molecular weight is 375 g/mol. The lowest BCUT2D eigenvalue weighted by atomic mass is 10.1. The van der Waals surface area contributed by atoms with Crippen molar-refractivity contribution in [2.24, 2.45) is 4.99 Å². The molecule has 0 aromatic heterocycles. The number of carbonyl (C=O) groups is 1. The van der Waals surface area contributed by atoms with Crippen LogP contribution in [0.25, 0.3) is 0 Å². The van der Waals surface area contributed by atoms with Gasteiger partial charge in [0.2, 0.25) is 5.91 Å². The second kappa shape index (κ2) is 10.3. The van der Waals surface area contributed by atoms with Crippen LogP contribution in [0, 0.1) is 0 Å².